The monoisotopic (exact) mass is 358 g/mol. The molecule has 1 aromatic carbocycles. The molecule has 0 aliphatic carbocycles. The summed E-state index contributed by atoms with van der Waals surface area (Å²) >= 11 is 1.58. The molecule has 2 amide bonds. The fourth-order valence-electron chi connectivity index (χ4n) is 2.85. The molecular formula is C19H22N2O3S. The Hall–Kier alpha value is -2.21. The highest BCUT2D eigenvalue weighted by Gasteiger charge is 2.43. The molecule has 2 aromatic rings. The van der Waals surface area contributed by atoms with E-state index >= 15 is 0 Å². The standard InChI is InChI=1S/C19H22N2O3S/c1-12(2)20-17(22)16-11-25-19(15-8-9-24-10-15)21(16)18(23)14-6-4-13(3)5-7-14/h4-10,12,16,19H,11H2,1-3H3,(H,20,22). The van der Waals surface area contributed by atoms with Gasteiger partial charge in [0.2, 0.25) is 5.91 Å². The number of benzene rings is 1. The average Bonchev–Trinajstić information content (AvgIpc) is 3.23. The number of hydrogen-bond acceptors (Lipinski definition) is 4. The summed E-state index contributed by atoms with van der Waals surface area (Å²) in [5.74, 6) is 0.306. The molecule has 25 heavy (non-hydrogen) atoms. The molecular weight excluding hydrogens is 336 g/mol. The summed E-state index contributed by atoms with van der Waals surface area (Å²) in [5, 5.41) is 2.70. The second-order valence-corrected chi connectivity index (χ2v) is 7.61. The number of aryl methyl sites for hydroxylation is 1. The summed E-state index contributed by atoms with van der Waals surface area (Å²) in [6, 6.07) is 8.81. The molecule has 1 N–H and O–H groups in total. The van der Waals surface area contributed by atoms with E-state index in [0.717, 1.165) is 11.1 Å². The maximum absolute atomic E-state index is 13.2. The Morgan fingerprint density at radius 3 is 2.56 bits per heavy atom. The fourth-order valence-corrected chi connectivity index (χ4v) is 4.26. The number of nitrogens with one attached hydrogen (secondary N) is 1. The lowest BCUT2D eigenvalue weighted by Gasteiger charge is -2.29. The van der Waals surface area contributed by atoms with Crippen molar-refractivity contribution in [1.82, 2.24) is 10.2 Å². The summed E-state index contributed by atoms with van der Waals surface area (Å²) in [7, 11) is 0. The van der Waals surface area contributed by atoms with Gasteiger partial charge in [0.15, 0.2) is 0 Å². The van der Waals surface area contributed by atoms with Gasteiger partial charge in [-0.2, -0.15) is 0 Å². The molecule has 0 bridgehead atoms. The van der Waals surface area contributed by atoms with Gasteiger partial charge in [0.25, 0.3) is 5.91 Å². The van der Waals surface area contributed by atoms with E-state index in [1.807, 2.05) is 51.1 Å². The van der Waals surface area contributed by atoms with Crippen molar-refractivity contribution < 1.29 is 14.0 Å². The van der Waals surface area contributed by atoms with Crippen LogP contribution in [0.3, 0.4) is 0 Å². The molecule has 0 saturated carbocycles. The third-order valence-electron chi connectivity index (χ3n) is 4.10. The first-order chi connectivity index (χ1) is 12.0. The van der Waals surface area contributed by atoms with Crippen LogP contribution in [0.15, 0.2) is 47.3 Å². The Balaban J connectivity index is 1.92. The van der Waals surface area contributed by atoms with Gasteiger partial charge in [-0.3, -0.25) is 9.59 Å². The number of thioether (sulfide) groups is 1. The second kappa shape index (κ2) is 7.35. The van der Waals surface area contributed by atoms with Crippen LogP contribution in [-0.2, 0) is 4.79 Å². The number of furan rings is 1. The SMILES string of the molecule is Cc1ccc(C(=O)N2C(C(=O)NC(C)C)CSC2c2ccoc2)cc1. The molecule has 6 heteroatoms. The number of carbonyl (C=O) groups excluding carboxylic acids is 2. The molecule has 1 aliphatic rings. The molecule has 1 fully saturated rings. The third-order valence-corrected chi connectivity index (χ3v) is 5.42. The molecule has 3 rings (SSSR count). The predicted molar refractivity (Wildman–Crippen MR) is 98.3 cm³/mol. The number of carbonyl (C=O) groups is 2. The minimum Gasteiger partial charge on any atom is -0.472 e. The van der Waals surface area contributed by atoms with Crippen molar-refractivity contribution >= 4 is 23.6 Å². The largest absolute Gasteiger partial charge is 0.472 e. The topological polar surface area (TPSA) is 62.6 Å². The molecule has 2 atom stereocenters. The average molecular weight is 358 g/mol. The van der Waals surface area contributed by atoms with Crippen molar-refractivity contribution in [3.8, 4) is 0 Å². The van der Waals surface area contributed by atoms with Crippen LogP contribution in [0.25, 0.3) is 0 Å². The van der Waals surface area contributed by atoms with Crippen LogP contribution in [0, 0.1) is 6.92 Å². The van der Waals surface area contributed by atoms with Crippen LogP contribution in [0.4, 0.5) is 0 Å². The van der Waals surface area contributed by atoms with Crippen LogP contribution in [0.1, 0.15) is 40.7 Å². The zero-order valence-electron chi connectivity index (χ0n) is 14.6. The van der Waals surface area contributed by atoms with Crippen molar-refractivity contribution in [3.05, 3.63) is 59.5 Å². The van der Waals surface area contributed by atoms with E-state index in [4.69, 9.17) is 4.42 Å². The van der Waals surface area contributed by atoms with Crippen LogP contribution >= 0.6 is 11.8 Å². The lowest BCUT2D eigenvalue weighted by Crippen LogP contribution is -2.49. The Bertz CT molecular complexity index is 741. The number of rotatable bonds is 4. The molecule has 5 nitrogen and oxygen atoms in total. The van der Waals surface area contributed by atoms with E-state index in [1.54, 1.807) is 29.2 Å². The Kier molecular flexibility index (Phi) is 5.18. The Morgan fingerprint density at radius 2 is 1.96 bits per heavy atom. The quantitative estimate of drug-likeness (QED) is 0.910. The summed E-state index contributed by atoms with van der Waals surface area (Å²) < 4.78 is 5.18. The lowest BCUT2D eigenvalue weighted by atomic mass is 10.1. The summed E-state index contributed by atoms with van der Waals surface area (Å²) in [4.78, 5) is 27.5. The molecule has 0 spiro atoms. The zero-order chi connectivity index (χ0) is 18.0. The minimum absolute atomic E-state index is 0.0294. The fraction of sp³-hybridized carbons (Fsp3) is 0.368. The number of amides is 2. The van der Waals surface area contributed by atoms with E-state index in [9.17, 15) is 9.59 Å². The van der Waals surface area contributed by atoms with Gasteiger partial charge >= 0.3 is 0 Å². The second-order valence-electron chi connectivity index (χ2n) is 6.50. The van der Waals surface area contributed by atoms with Gasteiger partial charge < -0.3 is 14.6 Å². The summed E-state index contributed by atoms with van der Waals surface area (Å²) in [6.45, 7) is 5.81. The van der Waals surface area contributed by atoms with E-state index in [1.165, 1.54) is 0 Å². The first kappa shape index (κ1) is 17.6. The van der Waals surface area contributed by atoms with Gasteiger partial charge in [-0.1, -0.05) is 17.7 Å². The molecule has 1 aliphatic heterocycles. The Morgan fingerprint density at radius 1 is 1.24 bits per heavy atom. The lowest BCUT2D eigenvalue weighted by molar-refractivity contribution is -0.125. The molecule has 2 unspecified atom stereocenters. The molecule has 132 valence electrons. The maximum Gasteiger partial charge on any atom is 0.255 e. The van der Waals surface area contributed by atoms with Crippen LogP contribution < -0.4 is 5.32 Å². The first-order valence-electron chi connectivity index (χ1n) is 8.31. The number of nitrogens with zero attached hydrogens (tertiary/aromatic N) is 1. The number of hydrogen-bond donors (Lipinski definition) is 1. The van der Waals surface area contributed by atoms with E-state index in [0.29, 0.717) is 11.3 Å². The van der Waals surface area contributed by atoms with Crippen LogP contribution in [-0.4, -0.2) is 34.6 Å². The van der Waals surface area contributed by atoms with Gasteiger partial charge in [0.05, 0.1) is 12.5 Å². The maximum atomic E-state index is 13.2. The highest BCUT2D eigenvalue weighted by Crippen LogP contribution is 2.42. The molecule has 0 radical (unpaired) electrons. The third kappa shape index (κ3) is 3.74. The summed E-state index contributed by atoms with van der Waals surface area (Å²) in [6.07, 6.45) is 3.22. The molecule has 2 heterocycles. The van der Waals surface area contributed by atoms with Crippen molar-refractivity contribution in [2.45, 2.75) is 38.2 Å². The summed E-state index contributed by atoms with van der Waals surface area (Å²) in [5.41, 5.74) is 2.57. The van der Waals surface area contributed by atoms with E-state index in [2.05, 4.69) is 5.32 Å². The molecule has 1 saturated heterocycles. The van der Waals surface area contributed by atoms with Crippen molar-refractivity contribution in [1.29, 1.82) is 0 Å². The van der Waals surface area contributed by atoms with Gasteiger partial charge in [0, 0.05) is 22.9 Å². The zero-order valence-corrected chi connectivity index (χ0v) is 15.4. The van der Waals surface area contributed by atoms with Crippen molar-refractivity contribution in [2.75, 3.05) is 5.75 Å². The molecule has 1 aromatic heterocycles. The van der Waals surface area contributed by atoms with Crippen molar-refractivity contribution in [2.24, 2.45) is 0 Å². The van der Waals surface area contributed by atoms with Gasteiger partial charge in [0.1, 0.15) is 11.4 Å². The van der Waals surface area contributed by atoms with Gasteiger partial charge in [-0.15, -0.1) is 11.8 Å². The van der Waals surface area contributed by atoms with Gasteiger partial charge in [-0.25, -0.2) is 0 Å². The van der Waals surface area contributed by atoms with Crippen LogP contribution in [0.5, 0.6) is 0 Å². The minimum atomic E-state index is -0.499. The van der Waals surface area contributed by atoms with Crippen molar-refractivity contribution in [3.63, 3.8) is 0 Å². The van der Waals surface area contributed by atoms with E-state index < -0.39 is 6.04 Å². The Labute approximate surface area is 151 Å². The van der Waals surface area contributed by atoms with Crippen LogP contribution in [0.2, 0.25) is 0 Å². The highest BCUT2D eigenvalue weighted by molar-refractivity contribution is 7.99. The van der Waals surface area contributed by atoms with E-state index in [-0.39, 0.29) is 23.2 Å². The first-order valence-corrected chi connectivity index (χ1v) is 9.35. The highest BCUT2D eigenvalue weighted by atomic mass is 32.2. The smallest absolute Gasteiger partial charge is 0.255 e. The normalized spacial score (nSPS) is 20.1. The van der Waals surface area contributed by atoms with Gasteiger partial charge in [-0.05, 0) is 39.0 Å². The predicted octanol–water partition coefficient (Wildman–Crippen LogP) is 3.37.